The third kappa shape index (κ3) is 2.05. The Kier molecular flexibility index (Phi) is 2.83. The van der Waals surface area contributed by atoms with Gasteiger partial charge in [0.15, 0.2) is 3.95 Å². The smallest absolute Gasteiger partial charge is 0.305 e. The van der Waals surface area contributed by atoms with Gasteiger partial charge in [-0.25, -0.2) is 0 Å². The highest BCUT2D eigenvalue weighted by atomic mass is 32.1. The second kappa shape index (κ2) is 3.68. The van der Waals surface area contributed by atoms with Crippen LogP contribution in [0, 0.1) is 3.95 Å². The lowest BCUT2D eigenvalue weighted by Crippen LogP contribution is -2.03. The van der Waals surface area contributed by atoms with E-state index in [0.29, 0.717) is 3.95 Å². The second-order valence-corrected chi connectivity index (χ2v) is 3.66. The minimum absolute atomic E-state index is 0.0292. The van der Waals surface area contributed by atoms with Gasteiger partial charge < -0.3 is 10.2 Å². The lowest BCUT2D eigenvalue weighted by Gasteiger charge is -1.99. The van der Waals surface area contributed by atoms with Gasteiger partial charge in [-0.15, -0.1) is 11.3 Å². The molecule has 0 atom stereocenters. The van der Waals surface area contributed by atoms with Crippen LogP contribution >= 0.6 is 23.6 Å². The van der Waals surface area contributed by atoms with Crippen LogP contribution < -0.4 is 0 Å². The minimum atomic E-state index is -0.900. The van der Waals surface area contributed by atoms with E-state index in [-0.39, 0.29) is 18.8 Å². The molecule has 0 spiro atoms. The molecule has 0 saturated heterocycles. The number of aromatic hydroxyl groups is 1. The highest BCUT2D eigenvalue weighted by molar-refractivity contribution is 7.73. The van der Waals surface area contributed by atoms with Gasteiger partial charge in [-0.2, -0.15) is 0 Å². The lowest BCUT2D eigenvalue weighted by molar-refractivity contribution is -0.137. The van der Waals surface area contributed by atoms with Gasteiger partial charge in [0.25, 0.3) is 0 Å². The van der Waals surface area contributed by atoms with Crippen LogP contribution in [0.3, 0.4) is 0 Å². The molecule has 6 heteroatoms. The first-order valence-corrected chi connectivity index (χ1v) is 4.49. The van der Waals surface area contributed by atoms with Crippen molar-refractivity contribution in [1.82, 2.24) is 4.57 Å². The van der Waals surface area contributed by atoms with Crippen molar-refractivity contribution in [2.45, 2.75) is 13.0 Å². The van der Waals surface area contributed by atoms with Crippen molar-refractivity contribution in [2.75, 3.05) is 0 Å². The Hall–Kier alpha value is -0.880. The minimum Gasteiger partial charge on any atom is -0.494 e. The molecule has 0 aliphatic carbocycles. The number of carbonyl (C=O) groups is 1. The maximum absolute atomic E-state index is 10.2. The number of carboxylic acid groups (broad SMARTS) is 1. The van der Waals surface area contributed by atoms with Gasteiger partial charge >= 0.3 is 5.97 Å². The first kappa shape index (κ1) is 9.21. The zero-order valence-electron chi connectivity index (χ0n) is 6.06. The first-order chi connectivity index (χ1) is 5.61. The van der Waals surface area contributed by atoms with Gasteiger partial charge in [0, 0.05) is 6.54 Å². The molecular weight excluding hydrogens is 198 g/mol. The van der Waals surface area contributed by atoms with Crippen molar-refractivity contribution < 1.29 is 15.0 Å². The fourth-order valence-electron chi connectivity index (χ4n) is 0.737. The highest BCUT2D eigenvalue weighted by Gasteiger charge is 2.03. The highest BCUT2D eigenvalue weighted by Crippen LogP contribution is 2.17. The lowest BCUT2D eigenvalue weighted by atomic mass is 10.4. The van der Waals surface area contributed by atoms with Crippen molar-refractivity contribution in [2.24, 2.45) is 0 Å². The van der Waals surface area contributed by atoms with Crippen molar-refractivity contribution in [1.29, 1.82) is 0 Å². The molecule has 0 radical (unpaired) electrons. The molecule has 1 heterocycles. The number of hydrogen-bond acceptors (Lipinski definition) is 4. The van der Waals surface area contributed by atoms with Crippen LogP contribution in [0.15, 0.2) is 5.38 Å². The average Bonchev–Trinajstić information content (AvgIpc) is 2.28. The van der Waals surface area contributed by atoms with Gasteiger partial charge in [0.2, 0.25) is 5.88 Å². The summed E-state index contributed by atoms with van der Waals surface area (Å²) >= 11 is 6.07. The number of rotatable bonds is 3. The van der Waals surface area contributed by atoms with E-state index in [1.54, 1.807) is 0 Å². The second-order valence-electron chi connectivity index (χ2n) is 2.16. The summed E-state index contributed by atoms with van der Waals surface area (Å²) in [5.74, 6) is -0.867. The molecule has 1 aromatic heterocycles. The number of nitrogens with zero attached hydrogens (tertiary/aromatic N) is 1. The topological polar surface area (TPSA) is 62.5 Å². The molecule has 0 aliphatic heterocycles. The molecule has 0 amide bonds. The molecule has 1 aromatic rings. The Labute approximate surface area is 77.7 Å². The first-order valence-electron chi connectivity index (χ1n) is 3.20. The summed E-state index contributed by atoms with van der Waals surface area (Å²) in [7, 11) is 0. The molecular formula is C6H7NO3S2. The Morgan fingerprint density at radius 1 is 1.75 bits per heavy atom. The molecule has 0 aromatic carbocycles. The molecule has 0 bridgehead atoms. The standard InChI is InChI=1S/C6H7NO3S2/c8-4-3-12-6(11)7(4)2-1-5(9)10/h3,8H,1-2H2,(H,9,10). The summed E-state index contributed by atoms with van der Waals surface area (Å²) in [6.45, 7) is 0.226. The maximum atomic E-state index is 10.2. The van der Waals surface area contributed by atoms with Crippen LogP contribution in [-0.4, -0.2) is 20.7 Å². The number of aromatic nitrogens is 1. The van der Waals surface area contributed by atoms with E-state index in [0.717, 1.165) is 0 Å². The number of carboxylic acids is 1. The van der Waals surface area contributed by atoms with Gasteiger partial charge in [-0.1, -0.05) is 0 Å². The van der Waals surface area contributed by atoms with Crippen LogP contribution in [-0.2, 0) is 11.3 Å². The molecule has 0 unspecified atom stereocenters. The van der Waals surface area contributed by atoms with Gasteiger partial charge in [-0.05, 0) is 12.2 Å². The Morgan fingerprint density at radius 2 is 2.42 bits per heavy atom. The van der Waals surface area contributed by atoms with E-state index >= 15 is 0 Å². The van der Waals surface area contributed by atoms with Crippen molar-refractivity contribution in [3.8, 4) is 5.88 Å². The third-order valence-electron chi connectivity index (χ3n) is 1.31. The number of hydrogen-bond donors (Lipinski definition) is 2. The summed E-state index contributed by atoms with van der Waals surface area (Å²) in [4.78, 5) is 10.2. The Bertz CT molecular complexity index is 341. The quantitative estimate of drug-likeness (QED) is 0.733. The van der Waals surface area contributed by atoms with E-state index in [9.17, 15) is 4.79 Å². The van der Waals surface area contributed by atoms with Crippen molar-refractivity contribution in [3.63, 3.8) is 0 Å². The van der Waals surface area contributed by atoms with Gasteiger partial charge in [-0.3, -0.25) is 9.36 Å². The summed E-state index contributed by atoms with van der Waals surface area (Å²) in [6.07, 6.45) is -0.0292. The van der Waals surface area contributed by atoms with Crippen molar-refractivity contribution in [3.05, 3.63) is 9.33 Å². The van der Waals surface area contributed by atoms with E-state index in [4.69, 9.17) is 22.4 Å². The van der Waals surface area contributed by atoms with Crippen LogP contribution in [0.2, 0.25) is 0 Å². The van der Waals surface area contributed by atoms with E-state index < -0.39 is 5.97 Å². The fourth-order valence-corrected chi connectivity index (χ4v) is 1.71. The summed E-state index contributed by atoms with van der Waals surface area (Å²) in [5, 5.41) is 19.0. The molecule has 4 nitrogen and oxygen atoms in total. The average molecular weight is 205 g/mol. The predicted octanol–water partition coefficient (Wildman–Crippen LogP) is 1.46. The number of aliphatic carboxylic acids is 1. The Morgan fingerprint density at radius 3 is 2.83 bits per heavy atom. The largest absolute Gasteiger partial charge is 0.494 e. The van der Waals surface area contributed by atoms with Gasteiger partial charge in [0.05, 0.1) is 11.8 Å². The summed E-state index contributed by atoms with van der Waals surface area (Å²) in [5.41, 5.74) is 0. The molecule has 2 N–H and O–H groups in total. The molecule has 66 valence electrons. The molecule has 0 aliphatic rings. The Balaban J connectivity index is 2.75. The van der Waals surface area contributed by atoms with Crippen molar-refractivity contribution >= 4 is 29.5 Å². The zero-order valence-corrected chi connectivity index (χ0v) is 7.69. The van der Waals surface area contributed by atoms with E-state index in [2.05, 4.69) is 0 Å². The predicted molar refractivity (Wildman–Crippen MR) is 47.1 cm³/mol. The molecule has 0 saturated carbocycles. The normalized spacial score (nSPS) is 10.0. The molecule has 12 heavy (non-hydrogen) atoms. The van der Waals surface area contributed by atoms with Crippen LogP contribution in [0.25, 0.3) is 0 Å². The van der Waals surface area contributed by atoms with Crippen LogP contribution in [0.4, 0.5) is 0 Å². The van der Waals surface area contributed by atoms with E-state index in [1.165, 1.54) is 21.3 Å². The third-order valence-corrected chi connectivity index (χ3v) is 2.57. The number of thiazole rings is 1. The molecule has 0 fully saturated rings. The molecule has 1 rings (SSSR count). The SMILES string of the molecule is O=C(O)CCn1c(O)csc1=S. The maximum Gasteiger partial charge on any atom is 0.305 e. The van der Waals surface area contributed by atoms with Crippen LogP contribution in [0.5, 0.6) is 5.88 Å². The fraction of sp³-hybridized carbons (Fsp3) is 0.333. The van der Waals surface area contributed by atoms with E-state index in [1.807, 2.05) is 0 Å². The summed E-state index contributed by atoms with van der Waals surface area (Å²) < 4.78 is 1.89. The monoisotopic (exact) mass is 205 g/mol. The van der Waals surface area contributed by atoms with Crippen LogP contribution in [0.1, 0.15) is 6.42 Å². The summed E-state index contributed by atoms with van der Waals surface area (Å²) in [6, 6.07) is 0. The van der Waals surface area contributed by atoms with Gasteiger partial charge in [0.1, 0.15) is 0 Å². The zero-order chi connectivity index (χ0) is 9.14.